The van der Waals surface area contributed by atoms with Gasteiger partial charge in [0.2, 0.25) is 0 Å². The molecule has 0 N–H and O–H groups in total. The zero-order valence-corrected chi connectivity index (χ0v) is 10.9. The first-order valence-corrected chi connectivity index (χ1v) is 6.50. The summed E-state index contributed by atoms with van der Waals surface area (Å²) in [6, 6.07) is 13.8. The number of aldehydes is 1. The summed E-state index contributed by atoms with van der Waals surface area (Å²) < 4.78 is 13.0. The van der Waals surface area contributed by atoms with E-state index in [4.69, 9.17) is 0 Å². The fraction of sp³-hybridized carbons (Fsp3) is 0.118. The first-order valence-electron chi connectivity index (χ1n) is 6.50. The quantitative estimate of drug-likeness (QED) is 0.793. The number of carbonyl (C=O) groups is 1. The lowest BCUT2D eigenvalue weighted by atomic mass is 10.0. The van der Waals surface area contributed by atoms with Crippen molar-refractivity contribution in [2.24, 2.45) is 0 Å². The minimum absolute atomic E-state index is 0.294. The van der Waals surface area contributed by atoms with Crippen LogP contribution in [0.5, 0.6) is 0 Å². The molecule has 1 aliphatic rings. The highest BCUT2D eigenvalue weighted by molar-refractivity contribution is 5.64. The third-order valence-electron chi connectivity index (χ3n) is 3.55. The summed E-state index contributed by atoms with van der Waals surface area (Å²) in [5.41, 5.74) is 3.15. The van der Waals surface area contributed by atoms with Gasteiger partial charge >= 0.3 is 0 Å². The van der Waals surface area contributed by atoms with Crippen molar-refractivity contribution in [2.75, 3.05) is 0 Å². The number of hydrogen-bond donors (Lipinski definition) is 0. The van der Waals surface area contributed by atoms with Crippen LogP contribution in [0.2, 0.25) is 0 Å². The maximum atomic E-state index is 13.0. The van der Waals surface area contributed by atoms with Crippen LogP contribution in [0.3, 0.4) is 0 Å². The van der Waals surface area contributed by atoms with Gasteiger partial charge in [0.05, 0.1) is 0 Å². The van der Waals surface area contributed by atoms with E-state index in [0.717, 1.165) is 11.8 Å². The molecule has 0 aliphatic carbocycles. The van der Waals surface area contributed by atoms with Crippen molar-refractivity contribution in [3.05, 3.63) is 77.2 Å². The van der Waals surface area contributed by atoms with E-state index in [2.05, 4.69) is 12.1 Å². The molecule has 0 fully saturated rings. The zero-order chi connectivity index (χ0) is 13.9. The molecule has 0 amide bonds. The maximum Gasteiger partial charge on any atom is 0.146 e. The summed E-state index contributed by atoms with van der Waals surface area (Å²) in [5, 5.41) is 0. The van der Waals surface area contributed by atoms with Crippen molar-refractivity contribution in [3.63, 3.8) is 0 Å². The van der Waals surface area contributed by atoms with Crippen molar-refractivity contribution < 1.29 is 9.18 Å². The molecule has 20 heavy (non-hydrogen) atoms. The molecule has 100 valence electrons. The van der Waals surface area contributed by atoms with E-state index in [1.54, 1.807) is 12.1 Å². The van der Waals surface area contributed by atoms with E-state index in [0.29, 0.717) is 6.54 Å². The molecule has 0 bridgehead atoms. The normalized spacial score (nSPS) is 14.8. The fourth-order valence-corrected chi connectivity index (χ4v) is 2.47. The first-order chi connectivity index (χ1) is 9.78. The van der Waals surface area contributed by atoms with E-state index >= 15 is 0 Å². The fourth-order valence-electron chi connectivity index (χ4n) is 2.47. The number of carbonyl (C=O) groups excluding carboxylic acids is 1. The van der Waals surface area contributed by atoms with E-state index in [1.165, 1.54) is 23.3 Å². The molecule has 1 heterocycles. The van der Waals surface area contributed by atoms with E-state index in [9.17, 15) is 9.18 Å². The molecule has 0 saturated carbocycles. The van der Waals surface area contributed by atoms with Crippen LogP contribution < -0.4 is 0 Å². The van der Waals surface area contributed by atoms with Gasteiger partial charge in [-0.25, -0.2) is 4.39 Å². The molecule has 3 heteroatoms. The lowest BCUT2D eigenvalue weighted by molar-refractivity contribution is -0.111. The van der Waals surface area contributed by atoms with Crippen molar-refractivity contribution in [1.82, 2.24) is 4.90 Å². The Balaban J connectivity index is 1.89. The average Bonchev–Trinajstić information content (AvgIpc) is 2.50. The second kappa shape index (κ2) is 5.29. The molecule has 0 radical (unpaired) electrons. The zero-order valence-electron chi connectivity index (χ0n) is 10.9. The number of nitrogens with zero attached hydrogens (tertiary/aromatic N) is 1. The van der Waals surface area contributed by atoms with Crippen LogP contribution in [-0.2, 0) is 11.3 Å². The van der Waals surface area contributed by atoms with Crippen molar-refractivity contribution >= 4 is 12.4 Å². The summed E-state index contributed by atoms with van der Waals surface area (Å²) >= 11 is 0. The molecule has 0 aromatic heterocycles. The molecule has 1 unspecified atom stereocenters. The Hall–Kier alpha value is -2.42. The van der Waals surface area contributed by atoms with E-state index < -0.39 is 0 Å². The first kappa shape index (κ1) is 12.6. The lowest BCUT2D eigenvalue weighted by Gasteiger charge is -2.30. The van der Waals surface area contributed by atoms with Crippen LogP contribution in [0.1, 0.15) is 22.7 Å². The molecule has 2 nitrogen and oxygen atoms in total. The number of halogens is 1. The number of rotatable bonds is 3. The van der Waals surface area contributed by atoms with Crippen LogP contribution in [-0.4, -0.2) is 11.2 Å². The molecule has 1 atom stereocenters. The van der Waals surface area contributed by atoms with Gasteiger partial charge in [0.15, 0.2) is 0 Å². The second-order valence-corrected chi connectivity index (χ2v) is 4.82. The molecule has 1 aliphatic heterocycles. The highest BCUT2D eigenvalue weighted by atomic mass is 19.1. The maximum absolute atomic E-state index is 13.0. The van der Waals surface area contributed by atoms with E-state index in [1.807, 2.05) is 29.3 Å². The van der Waals surface area contributed by atoms with Crippen molar-refractivity contribution in [1.29, 1.82) is 0 Å². The molecular weight excluding hydrogens is 253 g/mol. The monoisotopic (exact) mass is 267 g/mol. The van der Waals surface area contributed by atoms with Gasteiger partial charge < -0.3 is 9.69 Å². The minimum Gasteiger partial charge on any atom is -0.359 e. The van der Waals surface area contributed by atoms with Crippen LogP contribution in [0.4, 0.5) is 4.39 Å². The number of benzene rings is 2. The van der Waals surface area contributed by atoms with Crippen LogP contribution in [0.15, 0.2) is 54.7 Å². The molecule has 3 rings (SSSR count). The van der Waals surface area contributed by atoms with Crippen LogP contribution in [0, 0.1) is 5.82 Å². The Morgan fingerprint density at radius 2 is 1.85 bits per heavy atom. The van der Waals surface area contributed by atoms with Gasteiger partial charge in [-0.3, -0.25) is 0 Å². The third kappa shape index (κ3) is 2.35. The lowest BCUT2D eigenvalue weighted by Crippen LogP contribution is -2.26. The molecule has 2 aromatic rings. The second-order valence-electron chi connectivity index (χ2n) is 4.82. The van der Waals surface area contributed by atoms with Gasteiger partial charge in [-0.05, 0) is 34.9 Å². The Kier molecular flexibility index (Phi) is 3.33. The average molecular weight is 267 g/mol. The SMILES string of the molecule is O=CC(c1ccc(F)cc1)N1C=Cc2ccccc2C1. The summed E-state index contributed by atoms with van der Waals surface area (Å²) in [6.07, 6.45) is 4.81. The number of hydrogen-bond acceptors (Lipinski definition) is 2. The van der Waals surface area contributed by atoms with Gasteiger partial charge in [0.25, 0.3) is 0 Å². The Bertz CT molecular complexity index is 648. The Morgan fingerprint density at radius 1 is 1.10 bits per heavy atom. The van der Waals surface area contributed by atoms with Crippen LogP contribution in [0.25, 0.3) is 6.08 Å². The molecule has 2 aromatic carbocycles. The van der Waals surface area contributed by atoms with Gasteiger partial charge in [0.1, 0.15) is 18.1 Å². The molecule has 0 spiro atoms. The summed E-state index contributed by atoms with van der Waals surface area (Å²) in [5.74, 6) is -0.294. The predicted octanol–water partition coefficient (Wildman–Crippen LogP) is 3.55. The largest absolute Gasteiger partial charge is 0.359 e. The number of fused-ring (bicyclic) bond motifs is 1. The highest BCUT2D eigenvalue weighted by Crippen LogP contribution is 2.27. The van der Waals surface area contributed by atoms with Crippen molar-refractivity contribution in [3.8, 4) is 0 Å². The molecular formula is C17H14FNO. The highest BCUT2D eigenvalue weighted by Gasteiger charge is 2.20. The summed E-state index contributed by atoms with van der Waals surface area (Å²) in [6.45, 7) is 0.674. The van der Waals surface area contributed by atoms with Gasteiger partial charge in [-0.1, -0.05) is 36.4 Å². The topological polar surface area (TPSA) is 20.3 Å². The minimum atomic E-state index is -0.389. The summed E-state index contributed by atoms with van der Waals surface area (Å²) in [7, 11) is 0. The molecule has 0 saturated heterocycles. The van der Waals surface area contributed by atoms with E-state index in [-0.39, 0.29) is 11.9 Å². The summed E-state index contributed by atoms with van der Waals surface area (Å²) in [4.78, 5) is 13.4. The van der Waals surface area contributed by atoms with Gasteiger partial charge in [-0.15, -0.1) is 0 Å². The third-order valence-corrected chi connectivity index (χ3v) is 3.55. The Morgan fingerprint density at radius 3 is 2.60 bits per heavy atom. The van der Waals surface area contributed by atoms with Crippen molar-refractivity contribution in [2.45, 2.75) is 12.6 Å². The van der Waals surface area contributed by atoms with Crippen LogP contribution >= 0.6 is 0 Å². The smallest absolute Gasteiger partial charge is 0.146 e. The Labute approximate surface area is 117 Å². The predicted molar refractivity (Wildman–Crippen MR) is 76.2 cm³/mol. The van der Waals surface area contributed by atoms with Gasteiger partial charge in [-0.2, -0.15) is 0 Å². The standard InChI is InChI=1S/C17H14FNO/c18-16-7-5-14(6-8-16)17(12-20)19-10-9-13-3-1-2-4-15(13)11-19/h1-10,12,17H,11H2. The van der Waals surface area contributed by atoms with Gasteiger partial charge in [0, 0.05) is 12.7 Å².